The van der Waals surface area contributed by atoms with Crippen molar-refractivity contribution in [3.63, 3.8) is 0 Å². The van der Waals surface area contributed by atoms with Crippen LogP contribution in [0.3, 0.4) is 0 Å². The first-order valence-corrected chi connectivity index (χ1v) is 12.0. The molecule has 3 fully saturated rings. The quantitative estimate of drug-likeness (QED) is 0.742. The first-order valence-electron chi connectivity index (χ1n) is 10.4. The summed E-state index contributed by atoms with van der Waals surface area (Å²) in [5, 5.41) is 2.83. The average molecular weight is 407 g/mol. The van der Waals surface area contributed by atoms with Crippen LogP contribution in [0.4, 0.5) is 5.82 Å². The number of carbonyl (C=O) groups is 1. The van der Waals surface area contributed by atoms with Crippen molar-refractivity contribution < 1.29 is 13.2 Å². The average Bonchev–Trinajstić information content (AvgIpc) is 3.32. The molecular weight excluding hydrogens is 376 g/mol. The van der Waals surface area contributed by atoms with Crippen LogP contribution in [-0.2, 0) is 14.8 Å². The molecule has 0 aromatic carbocycles. The van der Waals surface area contributed by atoms with Crippen LogP contribution in [0.2, 0.25) is 0 Å². The van der Waals surface area contributed by atoms with Gasteiger partial charge in [0, 0.05) is 45.3 Å². The van der Waals surface area contributed by atoms with E-state index in [1.54, 1.807) is 6.20 Å². The van der Waals surface area contributed by atoms with Crippen LogP contribution in [0.5, 0.6) is 0 Å². The summed E-state index contributed by atoms with van der Waals surface area (Å²) in [5.41, 5.74) is 0. The molecule has 154 valence electrons. The molecule has 0 radical (unpaired) electrons. The number of fused-ring (bicyclic) bond motifs is 2. The van der Waals surface area contributed by atoms with Crippen molar-refractivity contribution in [2.24, 2.45) is 17.8 Å². The van der Waals surface area contributed by atoms with Crippen molar-refractivity contribution in [3.05, 3.63) is 24.4 Å². The van der Waals surface area contributed by atoms with Crippen LogP contribution < -0.4 is 10.2 Å². The molecule has 1 aromatic rings. The number of hydrogen-bond acceptors (Lipinski definition) is 5. The van der Waals surface area contributed by atoms with Crippen molar-refractivity contribution in [2.45, 2.75) is 32.1 Å². The molecule has 0 spiro atoms. The zero-order valence-electron chi connectivity index (χ0n) is 16.3. The number of carbonyl (C=O) groups excluding carboxylic acids is 1. The fraction of sp³-hybridized carbons (Fsp3) is 0.700. The zero-order valence-corrected chi connectivity index (χ0v) is 17.1. The highest BCUT2D eigenvalue weighted by molar-refractivity contribution is 7.89. The number of amides is 1. The van der Waals surface area contributed by atoms with Crippen LogP contribution in [0.25, 0.3) is 0 Å². The van der Waals surface area contributed by atoms with Crippen molar-refractivity contribution in [1.29, 1.82) is 0 Å². The van der Waals surface area contributed by atoms with Gasteiger partial charge in [0.1, 0.15) is 5.82 Å². The molecule has 7 nitrogen and oxygen atoms in total. The number of piperazine rings is 1. The van der Waals surface area contributed by atoms with Gasteiger partial charge in [-0.05, 0) is 49.1 Å². The number of nitrogens with one attached hydrogen (secondary N) is 1. The first kappa shape index (κ1) is 19.6. The van der Waals surface area contributed by atoms with Crippen LogP contribution >= 0.6 is 0 Å². The van der Waals surface area contributed by atoms with Gasteiger partial charge in [-0.2, -0.15) is 4.31 Å². The Labute approximate surface area is 167 Å². The normalized spacial score (nSPS) is 27.9. The molecule has 3 aliphatic rings. The summed E-state index contributed by atoms with van der Waals surface area (Å²) in [7, 11) is -3.35. The van der Waals surface area contributed by atoms with Gasteiger partial charge in [0.15, 0.2) is 0 Å². The van der Waals surface area contributed by atoms with Gasteiger partial charge < -0.3 is 10.2 Å². The van der Waals surface area contributed by atoms with E-state index in [9.17, 15) is 13.2 Å². The summed E-state index contributed by atoms with van der Waals surface area (Å²) in [5.74, 6) is 2.91. The molecule has 28 heavy (non-hydrogen) atoms. The molecule has 1 amide bonds. The van der Waals surface area contributed by atoms with Gasteiger partial charge in [-0.1, -0.05) is 12.5 Å². The molecular formula is C20H30N4O3S. The Hall–Kier alpha value is -1.67. The second kappa shape index (κ2) is 8.37. The lowest BCUT2D eigenvalue weighted by molar-refractivity contribution is -0.122. The lowest BCUT2D eigenvalue weighted by Gasteiger charge is -2.34. The maximum atomic E-state index is 12.6. The van der Waals surface area contributed by atoms with Crippen molar-refractivity contribution >= 4 is 21.7 Å². The first-order chi connectivity index (χ1) is 13.5. The van der Waals surface area contributed by atoms with E-state index in [4.69, 9.17) is 0 Å². The molecule has 8 heteroatoms. The van der Waals surface area contributed by atoms with Gasteiger partial charge in [-0.25, -0.2) is 13.4 Å². The van der Waals surface area contributed by atoms with E-state index in [1.165, 1.54) is 30.0 Å². The smallest absolute Gasteiger partial charge is 0.220 e. The highest BCUT2D eigenvalue weighted by Gasteiger charge is 2.40. The Balaban J connectivity index is 1.19. The summed E-state index contributed by atoms with van der Waals surface area (Å²) in [6.07, 6.45) is 7.37. The Morgan fingerprint density at radius 1 is 1.14 bits per heavy atom. The molecule has 1 N–H and O–H groups in total. The highest BCUT2D eigenvalue weighted by Crippen LogP contribution is 2.49. The minimum Gasteiger partial charge on any atom is -0.355 e. The van der Waals surface area contributed by atoms with Gasteiger partial charge in [0.25, 0.3) is 0 Å². The number of sulfonamides is 1. The fourth-order valence-corrected chi connectivity index (χ4v) is 6.46. The minimum atomic E-state index is -3.35. The Kier molecular flexibility index (Phi) is 5.87. The minimum absolute atomic E-state index is 0.00715. The predicted octanol–water partition coefficient (Wildman–Crippen LogP) is 1.48. The standard InChI is InChI=1S/C20H30N4O3S/c25-20(15-18-14-16-4-5-17(18)13-16)22-7-12-28(26,27)24-10-8-23(9-11-24)19-3-1-2-6-21-19/h1-3,6,16-18H,4-5,7-15H2,(H,22,25). The van der Waals surface area contributed by atoms with Crippen molar-refractivity contribution in [2.75, 3.05) is 43.4 Å². The van der Waals surface area contributed by atoms with Gasteiger partial charge in [0.05, 0.1) is 5.75 Å². The van der Waals surface area contributed by atoms with Gasteiger partial charge in [0.2, 0.25) is 15.9 Å². The number of pyridine rings is 1. The summed E-state index contributed by atoms with van der Waals surface area (Å²) in [6, 6.07) is 5.75. The molecule has 3 unspecified atom stereocenters. The van der Waals surface area contributed by atoms with Gasteiger partial charge in [-0.3, -0.25) is 4.79 Å². The summed E-state index contributed by atoms with van der Waals surface area (Å²) < 4.78 is 26.7. The maximum absolute atomic E-state index is 12.6. The third-order valence-corrected chi connectivity index (χ3v) is 8.49. The molecule has 3 atom stereocenters. The molecule has 2 aliphatic carbocycles. The largest absolute Gasteiger partial charge is 0.355 e. The number of nitrogens with zero attached hydrogens (tertiary/aromatic N) is 3. The number of aromatic nitrogens is 1. The fourth-order valence-electron chi connectivity index (χ4n) is 5.12. The summed E-state index contributed by atoms with van der Waals surface area (Å²) in [4.78, 5) is 18.6. The van der Waals surface area contributed by atoms with E-state index in [2.05, 4.69) is 15.2 Å². The molecule has 4 rings (SSSR count). The lowest BCUT2D eigenvalue weighted by atomic mass is 9.86. The van der Waals surface area contributed by atoms with E-state index < -0.39 is 10.0 Å². The summed E-state index contributed by atoms with van der Waals surface area (Å²) >= 11 is 0. The predicted molar refractivity (Wildman–Crippen MR) is 108 cm³/mol. The highest BCUT2D eigenvalue weighted by atomic mass is 32.2. The number of hydrogen-bond donors (Lipinski definition) is 1. The van der Waals surface area contributed by atoms with E-state index in [1.807, 2.05) is 18.2 Å². The summed E-state index contributed by atoms with van der Waals surface area (Å²) in [6.45, 7) is 2.37. The van der Waals surface area contributed by atoms with Gasteiger partial charge in [-0.15, -0.1) is 0 Å². The monoisotopic (exact) mass is 406 g/mol. The van der Waals surface area contributed by atoms with Crippen LogP contribution in [0.15, 0.2) is 24.4 Å². The molecule has 2 heterocycles. The molecule has 1 aliphatic heterocycles. The SMILES string of the molecule is O=C(CC1CC2CCC1C2)NCCS(=O)(=O)N1CCN(c2ccccn2)CC1. The molecule has 2 bridgehead atoms. The Morgan fingerprint density at radius 3 is 2.61 bits per heavy atom. The van der Waals surface area contributed by atoms with Crippen LogP contribution in [0.1, 0.15) is 32.1 Å². The second-order valence-corrected chi connectivity index (χ2v) is 10.5. The van der Waals surface area contributed by atoms with Crippen LogP contribution in [-0.4, -0.2) is 62.1 Å². The zero-order chi connectivity index (χ0) is 19.6. The van der Waals surface area contributed by atoms with Gasteiger partial charge >= 0.3 is 0 Å². The van der Waals surface area contributed by atoms with E-state index in [-0.39, 0.29) is 18.2 Å². The van der Waals surface area contributed by atoms with E-state index >= 15 is 0 Å². The lowest BCUT2D eigenvalue weighted by Crippen LogP contribution is -2.50. The van der Waals surface area contributed by atoms with E-state index in [0.29, 0.717) is 38.5 Å². The third-order valence-electron chi connectivity index (χ3n) is 6.62. The number of anilines is 1. The molecule has 2 saturated carbocycles. The molecule has 1 aromatic heterocycles. The van der Waals surface area contributed by atoms with E-state index in [0.717, 1.165) is 17.7 Å². The van der Waals surface area contributed by atoms with Crippen molar-refractivity contribution in [1.82, 2.24) is 14.6 Å². The maximum Gasteiger partial charge on any atom is 0.220 e. The molecule has 1 saturated heterocycles. The van der Waals surface area contributed by atoms with Crippen LogP contribution in [0, 0.1) is 17.8 Å². The second-order valence-electron chi connectivity index (χ2n) is 8.38. The Bertz CT molecular complexity index is 778. The number of rotatable bonds is 7. The third kappa shape index (κ3) is 4.49. The van der Waals surface area contributed by atoms with Crippen molar-refractivity contribution in [3.8, 4) is 0 Å². The Morgan fingerprint density at radius 2 is 1.96 bits per heavy atom. The topological polar surface area (TPSA) is 82.6 Å².